The summed E-state index contributed by atoms with van der Waals surface area (Å²) in [5.74, 6) is -0.151. The van der Waals surface area contributed by atoms with Gasteiger partial charge in [0, 0.05) is 37.8 Å². The van der Waals surface area contributed by atoms with Crippen molar-refractivity contribution >= 4 is 38.7 Å². The molecule has 0 spiro atoms. The van der Waals surface area contributed by atoms with Gasteiger partial charge in [0.2, 0.25) is 15.9 Å². The molecular formula is C25H30N4O4S. The Balaban J connectivity index is 1.17. The second kappa shape index (κ2) is 9.76. The third-order valence-corrected chi connectivity index (χ3v) is 8.66. The highest BCUT2D eigenvalue weighted by Crippen LogP contribution is 2.27. The van der Waals surface area contributed by atoms with Crippen molar-refractivity contribution in [2.75, 3.05) is 36.4 Å². The molecule has 3 aromatic rings. The summed E-state index contributed by atoms with van der Waals surface area (Å²) in [7, 11) is -3.49. The maximum Gasteiger partial charge on any atom is 0.298 e. The van der Waals surface area contributed by atoms with Crippen LogP contribution >= 0.6 is 0 Å². The van der Waals surface area contributed by atoms with Crippen LogP contribution in [0, 0.1) is 5.92 Å². The first-order valence-corrected chi connectivity index (χ1v) is 13.5. The Morgan fingerprint density at radius 2 is 1.59 bits per heavy atom. The Bertz CT molecular complexity index is 1210. The number of nitrogens with one attached hydrogen (secondary N) is 1. The molecule has 0 bridgehead atoms. The van der Waals surface area contributed by atoms with Gasteiger partial charge in [-0.25, -0.2) is 8.42 Å². The average molecular weight is 483 g/mol. The van der Waals surface area contributed by atoms with Gasteiger partial charge >= 0.3 is 0 Å². The molecule has 34 heavy (non-hydrogen) atoms. The average Bonchev–Trinajstić information content (AvgIpc) is 3.09. The lowest BCUT2D eigenvalue weighted by Crippen LogP contribution is -2.38. The summed E-state index contributed by atoms with van der Waals surface area (Å²) in [5, 5.41) is 2.95. The van der Waals surface area contributed by atoms with Crippen LogP contribution in [0.25, 0.3) is 11.1 Å². The lowest BCUT2D eigenvalue weighted by molar-refractivity contribution is -0.120. The number of oxazole rings is 1. The van der Waals surface area contributed by atoms with Gasteiger partial charge in [-0.15, -0.1) is 0 Å². The van der Waals surface area contributed by atoms with Gasteiger partial charge in [-0.1, -0.05) is 25.0 Å². The fourth-order valence-electron chi connectivity index (χ4n) is 4.71. The number of para-hydroxylation sites is 2. The first-order valence-electron chi connectivity index (χ1n) is 12.0. The number of aromatic nitrogens is 1. The number of hydrogen-bond donors (Lipinski definition) is 1. The van der Waals surface area contributed by atoms with E-state index in [0.29, 0.717) is 50.7 Å². The van der Waals surface area contributed by atoms with Crippen LogP contribution in [-0.2, 0) is 14.8 Å². The van der Waals surface area contributed by atoms with Crippen molar-refractivity contribution < 1.29 is 17.6 Å². The van der Waals surface area contributed by atoms with Crippen molar-refractivity contribution in [2.24, 2.45) is 5.92 Å². The molecule has 0 atom stereocenters. The van der Waals surface area contributed by atoms with Gasteiger partial charge < -0.3 is 14.6 Å². The SMILES string of the molecule is O=C(Nc1ccc(S(=O)(=O)N2CCCCCC2)cc1)C1CCN(c2nc3ccccc3o2)CC1. The topological polar surface area (TPSA) is 95.8 Å². The van der Waals surface area contributed by atoms with E-state index >= 15 is 0 Å². The lowest BCUT2D eigenvalue weighted by Gasteiger charge is -2.30. The Labute approximate surface area is 200 Å². The zero-order valence-electron chi connectivity index (χ0n) is 19.2. The molecule has 3 heterocycles. The molecule has 1 N–H and O–H groups in total. The monoisotopic (exact) mass is 482 g/mol. The van der Waals surface area contributed by atoms with Gasteiger partial charge in [-0.2, -0.15) is 9.29 Å². The molecule has 2 saturated heterocycles. The van der Waals surface area contributed by atoms with Gasteiger partial charge in [0.15, 0.2) is 5.58 Å². The Hall–Kier alpha value is -2.91. The van der Waals surface area contributed by atoms with E-state index in [1.807, 2.05) is 24.3 Å². The number of fused-ring (bicyclic) bond motifs is 1. The number of hydrogen-bond acceptors (Lipinski definition) is 6. The third kappa shape index (κ3) is 4.81. The zero-order chi connectivity index (χ0) is 23.5. The molecule has 2 aliphatic rings. The number of carbonyl (C=O) groups excluding carboxylic acids is 1. The van der Waals surface area contributed by atoms with E-state index in [-0.39, 0.29) is 16.7 Å². The van der Waals surface area contributed by atoms with E-state index in [1.165, 1.54) is 0 Å². The zero-order valence-corrected chi connectivity index (χ0v) is 20.0. The van der Waals surface area contributed by atoms with E-state index in [2.05, 4.69) is 15.2 Å². The summed E-state index contributed by atoms with van der Waals surface area (Å²) in [6.07, 6.45) is 5.35. The molecule has 0 aliphatic carbocycles. The number of piperidine rings is 1. The molecule has 2 aromatic carbocycles. The second-order valence-corrected chi connectivity index (χ2v) is 11.0. The molecule has 0 radical (unpaired) electrons. The van der Waals surface area contributed by atoms with Gasteiger partial charge in [0.25, 0.3) is 6.01 Å². The summed E-state index contributed by atoms with van der Waals surface area (Å²) < 4.78 is 33.3. The van der Waals surface area contributed by atoms with Crippen LogP contribution in [0.5, 0.6) is 0 Å². The molecule has 1 aromatic heterocycles. The highest BCUT2D eigenvalue weighted by atomic mass is 32.2. The molecular weight excluding hydrogens is 452 g/mol. The van der Waals surface area contributed by atoms with Gasteiger partial charge in [-0.3, -0.25) is 4.79 Å². The molecule has 2 aliphatic heterocycles. The van der Waals surface area contributed by atoms with E-state index in [1.54, 1.807) is 28.6 Å². The van der Waals surface area contributed by atoms with E-state index in [0.717, 1.165) is 36.8 Å². The Morgan fingerprint density at radius 3 is 2.26 bits per heavy atom. The molecule has 8 nitrogen and oxygen atoms in total. The molecule has 9 heteroatoms. The first kappa shape index (κ1) is 22.9. The van der Waals surface area contributed by atoms with Gasteiger partial charge in [-0.05, 0) is 62.1 Å². The van der Waals surface area contributed by atoms with Crippen molar-refractivity contribution in [1.82, 2.24) is 9.29 Å². The number of sulfonamides is 1. The van der Waals surface area contributed by atoms with Crippen molar-refractivity contribution in [2.45, 2.75) is 43.4 Å². The predicted molar refractivity (Wildman–Crippen MR) is 131 cm³/mol. The molecule has 0 unspecified atom stereocenters. The third-order valence-electron chi connectivity index (χ3n) is 6.74. The highest BCUT2D eigenvalue weighted by Gasteiger charge is 2.28. The number of nitrogens with zero attached hydrogens (tertiary/aromatic N) is 3. The minimum atomic E-state index is -3.49. The van der Waals surface area contributed by atoms with Crippen molar-refractivity contribution in [3.63, 3.8) is 0 Å². The van der Waals surface area contributed by atoms with Gasteiger partial charge in [0.1, 0.15) is 5.52 Å². The van der Waals surface area contributed by atoms with E-state index in [4.69, 9.17) is 4.42 Å². The molecule has 180 valence electrons. The summed E-state index contributed by atoms with van der Waals surface area (Å²) in [6, 6.07) is 14.8. The fraction of sp³-hybridized carbons (Fsp3) is 0.440. The summed E-state index contributed by atoms with van der Waals surface area (Å²) in [6.45, 7) is 2.53. The summed E-state index contributed by atoms with van der Waals surface area (Å²) >= 11 is 0. The molecule has 2 fully saturated rings. The molecule has 5 rings (SSSR count). The fourth-order valence-corrected chi connectivity index (χ4v) is 6.23. The number of rotatable bonds is 5. The van der Waals surface area contributed by atoms with Crippen molar-refractivity contribution in [3.8, 4) is 0 Å². The number of carbonyl (C=O) groups is 1. The largest absolute Gasteiger partial charge is 0.423 e. The van der Waals surface area contributed by atoms with Crippen LogP contribution in [0.15, 0.2) is 57.8 Å². The summed E-state index contributed by atoms with van der Waals surface area (Å²) in [5.41, 5.74) is 2.21. The minimum Gasteiger partial charge on any atom is -0.423 e. The Kier molecular flexibility index (Phi) is 6.56. The van der Waals surface area contributed by atoms with Gasteiger partial charge in [0.05, 0.1) is 4.90 Å². The molecule has 1 amide bonds. The van der Waals surface area contributed by atoms with E-state index < -0.39 is 10.0 Å². The highest BCUT2D eigenvalue weighted by molar-refractivity contribution is 7.89. The normalized spacial score (nSPS) is 18.6. The second-order valence-electron chi connectivity index (χ2n) is 9.06. The standard InChI is InChI=1S/C25H30N4O4S/c30-24(19-13-17-28(18-14-19)25-27-22-7-3-4-8-23(22)33-25)26-20-9-11-21(12-10-20)34(31,32)29-15-5-1-2-6-16-29/h3-4,7-12,19H,1-2,5-6,13-18H2,(H,26,30). The number of anilines is 2. The quantitative estimate of drug-likeness (QED) is 0.584. The van der Waals surface area contributed by atoms with Crippen LogP contribution in [0.4, 0.5) is 11.7 Å². The maximum absolute atomic E-state index is 12.9. The predicted octanol–water partition coefficient (Wildman–Crippen LogP) is 4.25. The van der Waals surface area contributed by atoms with Crippen molar-refractivity contribution in [3.05, 3.63) is 48.5 Å². The Morgan fingerprint density at radius 1 is 0.912 bits per heavy atom. The van der Waals surface area contributed by atoms with Crippen molar-refractivity contribution in [1.29, 1.82) is 0 Å². The first-order chi connectivity index (χ1) is 16.5. The number of amides is 1. The number of benzene rings is 2. The van der Waals surface area contributed by atoms with Crippen LogP contribution in [0.3, 0.4) is 0 Å². The van der Waals surface area contributed by atoms with E-state index in [9.17, 15) is 13.2 Å². The van der Waals surface area contributed by atoms with Crippen LogP contribution < -0.4 is 10.2 Å². The van der Waals surface area contributed by atoms with Crippen LogP contribution in [0.2, 0.25) is 0 Å². The van der Waals surface area contributed by atoms with Crippen LogP contribution in [-0.4, -0.2) is 49.8 Å². The minimum absolute atomic E-state index is 0.0414. The smallest absolute Gasteiger partial charge is 0.298 e. The maximum atomic E-state index is 12.9. The van der Waals surface area contributed by atoms with Crippen LogP contribution in [0.1, 0.15) is 38.5 Å². The summed E-state index contributed by atoms with van der Waals surface area (Å²) in [4.78, 5) is 19.7. The lowest BCUT2D eigenvalue weighted by atomic mass is 9.96. The molecule has 0 saturated carbocycles.